The second-order valence-corrected chi connectivity index (χ2v) is 4.06. The van der Waals surface area contributed by atoms with Crippen molar-refractivity contribution in [3.63, 3.8) is 0 Å². The molecule has 0 radical (unpaired) electrons. The summed E-state index contributed by atoms with van der Waals surface area (Å²) in [5.41, 5.74) is 7.16. The lowest BCUT2D eigenvalue weighted by Gasteiger charge is -2.05. The highest BCUT2D eigenvalue weighted by Gasteiger charge is 2.00. The Morgan fingerprint density at radius 3 is 2.61 bits per heavy atom. The predicted molar refractivity (Wildman–Crippen MR) is 69.2 cm³/mol. The molecule has 1 heterocycles. The lowest BCUT2D eigenvalue weighted by atomic mass is 10.1. The van der Waals surface area contributed by atoms with Gasteiger partial charge < -0.3 is 15.0 Å². The maximum atomic E-state index is 7.30. The normalized spacial score (nSPS) is 10.5. The minimum atomic E-state index is 0.0791. The molecule has 0 bridgehead atoms. The molecule has 3 N–H and O–H groups in total. The van der Waals surface area contributed by atoms with Crippen molar-refractivity contribution >= 4 is 5.84 Å². The Kier molecular flexibility index (Phi) is 3.74. The number of benzene rings is 1. The van der Waals surface area contributed by atoms with Gasteiger partial charge in [-0.15, -0.1) is 0 Å². The first-order valence-corrected chi connectivity index (χ1v) is 5.64. The highest BCUT2D eigenvalue weighted by molar-refractivity contribution is 5.94. The maximum absolute atomic E-state index is 7.30. The van der Waals surface area contributed by atoms with E-state index in [0.717, 1.165) is 17.0 Å². The van der Waals surface area contributed by atoms with Gasteiger partial charge >= 0.3 is 0 Å². The van der Waals surface area contributed by atoms with Crippen LogP contribution in [0.25, 0.3) is 0 Å². The van der Waals surface area contributed by atoms with E-state index in [2.05, 4.69) is 4.98 Å². The molecule has 0 unspecified atom stereocenters. The molecule has 0 amide bonds. The molecule has 0 atom stereocenters. The van der Waals surface area contributed by atoms with Crippen LogP contribution in [0.2, 0.25) is 0 Å². The highest BCUT2D eigenvalue weighted by atomic mass is 16.5. The predicted octanol–water partition coefficient (Wildman–Crippen LogP) is 1.42. The first-order valence-electron chi connectivity index (χ1n) is 5.64. The Hall–Kier alpha value is -2.14. The molecule has 0 saturated heterocycles. The molecule has 0 aliphatic rings. The van der Waals surface area contributed by atoms with E-state index in [1.54, 1.807) is 6.20 Å². The standard InChI is InChI=1S/C13H16N4O/c1-17-7-6-16-12(17)9-18-8-10-2-4-11(5-3-10)13(14)15/h2-7H,8-9H2,1H3,(H3,14,15). The third-order valence-electron chi connectivity index (χ3n) is 2.69. The molecule has 0 aliphatic heterocycles. The van der Waals surface area contributed by atoms with Gasteiger partial charge in [0.1, 0.15) is 18.3 Å². The van der Waals surface area contributed by atoms with E-state index in [0.29, 0.717) is 13.2 Å². The van der Waals surface area contributed by atoms with Gasteiger partial charge in [0.05, 0.1) is 6.61 Å². The van der Waals surface area contributed by atoms with E-state index in [1.807, 2.05) is 42.1 Å². The smallest absolute Gasteiger partial charge is 0.134 e. The van der Waals surface area contributed by atoms with Crippen LogP contribution in [0.4, 0.5) is 0 Å². The molecule has 94 valence electrons. The number of amidine groups is 1. The van der Waals surface area contributed by atoms with Crippen LogP contribution in [0.1, 0.15) is 17.0 Å². The van der Waals surface area contributed by atoms with Crippen molar-refractivity contribution in [1.29, 1.82) is 5.41 Å². The maximum Gasteiger partial charge on any atom is 0.134 e. The van der Waals surface area contributed by atoms with Crippen molar-refractivity contribution in [2.45, 2.75) is 13.2 Å². The zero-order chi connectivity index (χ0) is 13.0. The van der Waals surface area contributed by atoms with Gasteiger partial charge in [-0.25, -0.2) is 4.98 Å². The molecular weight excluding hydrogens is 228 g/mol. The molecule has 18 heavy (non-hydrogen) atoms. The monoisotopic (exact) mass is 244 g/mol. The highest BCUT2D eigenvalue weighted by Crippen LogP contribution is 2.06. The van der Waals surface area contributed by atoms with Crippen molar-refractivity contribution in [1.82, 2.24) is 9.55 Å². The topological polar surface area (TPSA) is 76.9 Å². The second-order valence-electron chi connectivity index (χ2n) is 4.06. The molecule has 2 rings (SSSR count). The van der Waals surface area contributed by atoms with Crippen LogP contribution >= 0.6 is 0 Å². The van der Waals surface area contributed by atoms with E-state index < -0.39 is 0 Å². The van der Waals surface area contributed by atoms with Gasteiger partial charge in [0.25, 0.3) is 0 Å². The Labute approximate surface area is 106 Å². The molecule has 0 aliphatic carbocycles. The van der Waals surface area contributed by atoms with Crippen LogP contribution in [-0.4, -0.2) is 15.4 Å². The number of ether oxygens (including phenoxy) is 1. The summed E-state index contributed by atoms with van der Waals surface area (Å²) >= 11 is 0. The first-order chi connectivity index (χ1) is 8.66. The van der Waals surface area contributed by atoms with Crippen molar-refractivity contribution in [2.75, 3.05) is 0 Å². The SMILES string of the molecule is Cn1ccnc1COCc1ccc(C(=N)N)cc1. The summed E-state index contributed by atoms with van der Waals surface area (Å²) < 4.78 is 7.51. The number of nitrogens with zero attached hydrogens (tertiary/aromatic N) is 2. The number of nitrogens with two attached hydrogens (primary N) is 1. The Bertz CT molecular complexity index is 530. The van der Waals surface area contributed by atoms with E-state index in [-0.39, 0.29) is 5.84 Å². The first kappa shape index (κ1) is 12.3. The van der Waals surface area contributed by atoms with E-state index in [9.17, 15) is 0 Å². The van der Waals surface area contributed by atoms with Gasteiger partial charge in [0.2, 0.25) is 0 Å². The van der Waals surface area contributed by atoms with Gasteiger partial charge in [-0.1, -0.05) is 24.3 Å². The average Bonchev–Trinajstić information content (AvgIpc) is 2.76. The summed E-state index contributed by atoms with van der Waals surface area (Å²) in [7, 11) is 1.94. The second kappa shape index (κ2) is 5.46. The van der Waals surface area contributed by atoms with Crippen molar-refractivity contribution in [2.24, 2.45) is 12.8 Å². The zero-order valence-corrected chi connectivity index (χ0v) is 10.3. The van der Waals surface area contributed by atoms with E-state index >= 15 is 0 Å². The third-order valence-corrected chi connectivity index (χ3v) is 2.69. The van der Waals surface area contributed by atoms with Gasteiger partial charge in [0, 0.05) is 25.0 Å². The van der Waals surface area contributed by atoms with Gasteiger partial charge in [-0.2, -0.15) is 0 Å². The fourth-order valence-electron chi connectivity index (χ4n) is 1.58. The van der Waals surface area contributed by atoms with Crippen molar-refractivity contribution < 1.29 is 4.74 Å². The fourth-order valence-corrected chi connectivity index (χ4v) is 1.58. The number of hydrogen-bond donors (Lipinski definition) is 2. The Balaban J connectivity index is 1.87. The van der Waals surface area contributed by atoms with Crippen LogP contribution < -0.4 is 5.73 Å². The molecule has 1 aromatic carbocycles. The van der Waals surface area contributed by atoms with Crippen LogP contribution in [0, 0.1) is 5.41 Å². The number of aryl methyl sites for hydroxylation is 1. The average molecular weight is 244 g/mol. The Morgan fingerprint density at radius 2 is 2.06 bits per heavy atom. The lowest BCUT2D eigenvalue weighted by Crippen LogP contribution is -2.10. The zero-order valence-electron chi connectivity index (χ0n) is 10.3. The number of aromatic nitrogens is 2. The Morgan fingerprint density at radius 1 is 1.33 bits per heavy atom. The summed E-state index contributed by atoms with van der Waals surface area (Å²) in [5, 5.41) is 7.30. The van der Waals surface area contributed by atoms with Gasteiger partial charge in [-0.05, 0) is 5.56 Å². The molecule has 5 nitrogen and oxygen atoms in total. The molecule has 0 saturated carbocycles. The molecule has 0 fully saturated rings. The summed E-state index contributed by atoms with van der Waals surface area (Å²) in [6.45, 7) is 1.00. The van der Waals surface area contributed by atoms with Crippen LogP contribution in [0.15, 0.2) is 36.7 Å². The molecule has 2 aromatic rings. The van der Waals surface area contributed by atoms with Crippen LogP contribution in [-0.2, 0) is 25.0 Å². The van der Waals surface area contributed by atoms with Gasteiger partial charge in [0.15, 0.2) is 0 Å². The largest absolute Gasteiger partial charge is 0.384 e. The minimum absolute atomic E-state index is 0.0791. The summed E-state index contributed by atoms with van der Waals surface area (Å²) in [4.78, 5) is 4.18. The van der Waals surface area contributed by atoms with Crippen molar-refractivity contribution in [3.05, 3.63) is 53.6 Å². The summed E-state index contributed by atoms with van der Waals surface area (Å²) in [5.74, 6) is 0.978. The van der Waals surface area contributed by atoms with Crippen LogP contribution in [0.3, 0.4) is 0 Å². The minimum Gasteiger partial charge on any atom is -0.384 e. The van der Waals surface area contributed by atoms with Crippen LogP contribution in [0.5, 0.6) is 0 Å². The molecule has 1 aromatic heterocycles. The number of imidazole rings is 1. The summed E-state index contributed by atoms with van der Waals surface area (Å²) in [6.07, 6.45) is 3.64. The van der Waals surface area contributed by atoms with Gasteiger partial charge in [-0.3, -0.25) is 5.41 Å². The number of hydrogen-bond acceptors (Lipinski definition) is 3. The van der Waals surface area contributed by atoms with E-state index in [4.69, 9.17) is 15.9 Å². The quantitative estimate of drug-likeness (QED) is 0.617. The number of rotatable bonds is 5. The van der Waals surface area contributed by atoms with Crippen molar-refractivity contribution in [3.8, 4) is 0 Å². The fraction of sp³-hybridized carbons (Fsp3) is 0.231. The van der Waals surface area contributed by atoms with E-state index in [1.165, 1.54) is 0 Å². The molecule has 5 heteroatoms. The lowest BCUT2D eigenvalue weighted by molar-refractivity contribution is 0.1000. The third kappa shape index (κ3) is 2.95. The number of nitrogen functional groups attached to an aromatic ring is 1. The molecular formula is C13H16N4O. The summed E-state index contributed by atoms with van der Waals surface area (Å²) in [6, 6.07) is 7.47. The molecule has 0 spiro atoms. The number of nitrogens with one attached hydrogen (secondary N) is 1.